The molecule has 1 aliphatic carbocycles. The summed E-state index contributed by atoms with van der Waals surface area (Å²) >= 11 is 0. The lowest BCUT2D eigenvalue weighted by Crippen LogP contribution is -2.26. The van der Waals surface area contributed by atoms with Gasteiger partial charge in [0.25, 0.3) is 0 Å². The Morgan fingerprint density at radius 1 is 0.704 bits per heavy atom. The Balaban J connectivity index is 2.05. The Labute approximate surface area is 167 Å². The van der Waals surface area contributed by atoms with Crippen molar-refractivity contribution in [1.29, 1.82) is 0 Å². The van der Waals surface area contributed by atoms with Crippen molar-refractivity contribution < 1.29 is 0 Å². The third-order valence-electron chi connectivity index (χ3n) is 6.65. The predicted molar refractivity (Wildman–Crippen MR) is 120 cm³/mol. The van der Waals surface area contributed by atoms with E-state index in [1.165, 1.54) is 86.5 Å². The Morgan fingerprint density at radius 2 is 1.37 bits per heavy atom. The van der Waals surface area contributed by atoms with Gasteiger partial charge >= 0.3 is 0 Å². The van der Waals surface area contributed by atoms with Gasteiger partial charge in [-0.25, -0.2) is 0 Å². The Kier molecular flexibility index (Phi) is 6.79. The number of benzene rings is 2. The van der Waals surface area contributed by atoms with Crippen molar-refractivity contribution in [3.8, 4) is 11.1 Å². The molecule has 0 atom stereocenters. The topological polar surface area (TPSA) is 0 Å². The quantitative estimate of drug-likeness (QED) is 0.371. The maximum atomic E-state index is 2.51. The van der Waals surface area contributed by atoms with Gasteiger partial charge in [0, 0.05) is 5.41 Å². The maximum absolute atomic E-state index is 2.51. The van der Waals surface area contributed by atoms with Crippen LogP contribution in [-0.4, -0.2) is 0 Å². The van der Waals surface area contributed by atoms with Crippen molar-refractivity contribution in [2.75, 3.05) is 0 Å². The summed E-state index contributed by atoms with van der Waals surface area (Å²) in [7, 11) is 0. The normalized spacial score (nSPS) is 14.2. The fourth-order valence-electron chi connectivity index (χ4n) is 5.30. The lowest BCUT2D eigenvalue weighted by molar-refractivity contribution is 0.399. The highest BCUT2D eigenvalue weighted by Gasteiger charge is 2.43. The van der Waals surface area contributed by atoms with Crippen LogP contribution in [0.2, 0.25) is 0 Å². The average molecular weight is 363 g/mol. The zero-order valence-corrected chi connectivity index (χ0v) is 18.0. The van der Waals surface area contributed by atoms with E-state index in [0.717, 1.165) is 0 Å². The van der Waals surface area contributed by atoms with Crippen molar-refractivity contribution in [2.24, 2.45) is 0 Å². The first-order valence-electron chi connectivity index (χ1n) is 11.4. The summed E-state index contributed by atoms with van der Waals surface area (Å²) in [6.45, 7) is 9.22. The minimum absolute atomic E-state index is 0.240. The molecule has 27 heavy (non-hydrogen) atoms. The van der Waals surface area contributed by atoms with Crippen LogP contribution >= 0.6 is 0 Å². The van der Waals surface area contributed by atoms with Crippen LogP contribution in [0.1, 0.15) is 100 Å². The first-order valence-corrected chi connectivity index (χ1v) is 11.4. The Morgan fingerprint density at radius 3 is 2.00 bits per heavy atom. The lowest BCUT2D eigenvalue weighted by Gasteiger charge is -2.34. The maximum Gasteiger partial charge on any atom is 0.0217 e. The molecule has 2 aromatic rings. The van der Waals surface area contributed by atoms with Crippen molar-refractivity contribution in [3.05, 3.63) is 58.7 Å². The molecule has 0 aliphatic heterocycles. The smallest absolute Gasteiger partial charge is 0.0217 e. The van der Waals surface area contributed by atoms with Gasteiger partial charge in [0.2, 0.25) is 0 Å². The van der Waals surface area contributed by atoms with Crippen molar-refractivity contribution in [1.82, 2.24) is 0 Å². The van der Waals surface area contributed by atoms with E-state index < -0.39 is 0 Å². The molecular formula is C27H38. The third-order valence-corrected chi connectivity index (χ3v) is 6.65. The van der Waals surface area contributed by atoms with Crippen LogP contribution in [-0.2, 0) is 5.41 Å². The van der Waals surface area contributed by atoms with Crippen molar-refractivity contribution in [2.45, 2.75) is 97.3 Å². The van der Waals surface area contributed by atoms with E-state index in [9.17, 15) is 0 Å². The average Bonchev–Trinajstić information content (AvgIpc) is 2.93. The van der Waals surface area contributed by atoms with Crippen LogP contribution in [0.15, 0.2) is 36.4 Å². The third kappa shape index (κ3) is 4.00. The van der Waals surface area contributed by atoms with E-state index in [1.807, 2.05) is 0 Å². The SMILES string of the molecule is CCCCCCC1(CCCCCC)c2cc(C)ccc2-c2cccc(C)c21. The fraction of sp³-hybridized carbons (Fsp3) is 0.556. The van der Waals surface area contributed by atoms with Crippen LogP contribution < -0.4 is 0 Å². The molecular weight excluding hydrogens is 324 g/mol. The van der Waals surface area contributed by atoms with Gasteiger partial charge in [-0.3, -0.25) is 0 Å². The number of aryl methyl sites for hydroxylation is 2. The molecule has 3 rings (SSSR count). The second-order valence-electron chi connectivity index (χ2n) is 8.75. The molecule has 0 heteroatoms. The monoisotopic (exact) mass is 362 g/mol. The van der Waals surface area contributed by atoms with E-state index in [2.05, 4.69) is 64.1 Å². The second-order valence-corrected chi connectivity index (χ2v) is 8.75. The highest BCUT2D eigenvalue weighted by Crippen LogP contribution is 2.55. The molecule has 0 spiro atoms. The number of hydrogen-bond donors (Lipinski definition) is 0. The van der Waals surface area contributed by atoms with E-state index in [0.29, 0.717) is 0 Å². The number of fused-ring (bicyclic) bond motifs is 3. The van der Waals surface area contributed by atoms with Crippen molar-refractivity contribution >= 4 is 0 Å². The van der Waals surface area contributed by atoms with Gasteiger partial charge in [0.1, 0.15) is 0 Å². The van der Waals surface area contributed by atoms with Gasteiger partial charge in [0.05, 0.1) is 0 Å². The molecule has 0 unspecified atom stereocenters. The molecule has 146 valence electrons. The highest BCUT2D eigenvalue weighted by atomic mass is 14.5. The highest BCUT2D eigenvalue weighted by molar-refractivity contribution is 5.82. The summed E-state index contributed by atoms with van der Waals surface area (Å²) in [5, 5.41) is 0. The van der Waals surface area contributed by atoms with Gasteiger partial charge in [-0.05, 0) is 54.5 Å². The van der Waals surface area contributed by atoms with Crippen molar-refractivity contribution in [3.63, 3.8) is 0 Å². The Bertz CT molecular complexity index is 741. The van der Waals surface area contributed by atoms with E-state index in [4.69, 9.17) is 0 Å². The molecule has 0 fully saturated rings. The van der Waals surface area contributed by atoms with Crippen LogP contribution in [0.4, 0.5) is 0 Å². The summed E-state index contributed by atoms with van der Waals surface area (Å²) in [4.78, 5) is 0. The fourth-order valence-corrected chi connectivity index (χ4v) is 5.30. The van der Waals surface area contributed by atoms with Gasteiger partial charge < -0.3 is 0 Å². The number of hydrogen-bond acceptors (Lipinski definition) is 0. The second kappa shape index (κ2) is 9.09. The first kappa shape index (κ1) is 20.2. The summed E-state index contributed by atoms with van der Waals surface area (Å²) in [5.74, 6) is 0. The van der Waals surface area contributed by atoms with Crippen LogP contribution in [0.25, 0.3) is 11.1 Å². The number of rotatable bonds is 10. The van der Waals surface area contributed by atoms with E-state index >= 15 is 0 Å². The van der Waals surface area contributed by atoms with Gasteiger partial charge in [-0.1, -0.05) is 107 Å². The molecule has 1 aliphatic rings. The van der Waals surface area contributed by atoms with Crippen LogP contribution in [0.5, 0.6) is 0 Å². The minimum Gasteiger partial charge on any atom is -0.0654 e. The summed E-state index contributed by atoms with van der Waals surface area (Å²) in [6.07, 6.45) is 13.4. The molecule has 0 saturated heterocycles. The van der Waals surface area contributed by atoms with Crippen LogP contribution in [0.3, 0.4) is 0 Å². The molecule has 0 bridgehead atoms. The summed E-state index contributed by atoms with van der Waals surface area (Å²) in [5.41, 5.74) is 9.43. The molecule has 0 amide bonds. The predicted octanol–water partition coefficient (Wildman–Crippen LogP) is 8.51. The molecule has 0 aromatic heterocycles. The van der Waals surface area contributed by atoms with Gasteiger partial charge in [-0.2, -0.15) is 0 Å². The minimum atomic E-state index is 0.240. The largest absolute Gasteiger partial charge is 0.0654 e. The summed E-state index contributed by atoms with van der Waals surface area (Å²) < 4.78 is 0. The van der Waals surface area contributed by atoms with E-state index in [1.54, 1.807) is 11.1 Å². The molecule has 0 heterocycles. The zero-order chi connectivity index (χ0) is 19.3. The van der Waals surface area contributed by atoms with E-state index in [-0.39, 0.29) is 5.41 Å². The zero-order valence-electron chi connectivity index (χ0n) is 18.0. The molecule has 0 nitrogen and oxygen atoms in total. The van der Waals surface area contributed by atoms with Gasteiger partial charge in [0.15, 0.2) is 0 Å². The standard InChI is InChI=1S/C27H38/c1-5-7-9-11-18-27(19-12-10-8-6-2)25-20-21(3)16-17-23(25)24-15-13-14-22(4)26(24)27/h13-17,20H,5-12,18-19H2,1-4H3. The Hall–Kier alpha value is -1.56. The molecule has 0 radical (unpaired) electrons. The molecule has 0 saturated carbocycles. The first-order chi connectivity index (χ1) is 13.1. The molecule has 0 N–H and O–H groups in total. The van der Waals surface area contributed by atoms with Gasteiger partial charge in [-0.15, -0.1) is 0 Å². The molecule has 2 aromatic carbocycles. The van der Waals surface area contributed by atoms with Crippen LogP contribution in [0, 0.1) is 13.8 Å². The lowest BCUT2D eigenvalue weighted by atomic mass is 9.69. The number of unbranched alkanes of at least 4 members (excludes halogenated alkanes) is 6. The summed E-state index contributed by atoms with van der Waals surface area (Å²) in [6, 6.07) is 14.2.